The Kier molecular flexibility index (Phi) is 5.71. The number of aromatic nitrogens is 1. The summed E-state index contributed by atoms with van der Waals surface area (Å²) in [5.41, 5.74) is 3.87. The van der Waals surface area contributed by atoms with E-state index in [4.69, 9.17) is 4.74 Å². The number of amides is 1. The Balaban J connectivity index is 1.68. The van der Waals surface area contributed by atoms with Gasteiger partial charge in [-0.05, 0) is 57.2 Å². The number of hydrogen-bond acceptors (Lipinski definition) is 4. The van der Waals surface area contributed by atoms with Crippen LogP contribution >= 0.6 is 0 Å². The molecule has 1 amide bonds. The maximum Gasteiger partial charge on any atom is 0.274 e. The van der Waals surface area contributed by atoms with Crippen LogP contribution in [0.2, 0.25) is 0 Å². The smallest absolute Gasteiger partial charge is 0.274 e. The number of aryl methyl sites for hydroxylation is 1. The molecule has 3 rings (SSSR count). The van der Waals surface area contributed by atoms with Crippen LogP contribution in [0.15, 0.2) is 66.9 Å². The van der Waals surface area contributed by atoms with Crippen molar-refractivity contribution in [1.29, 1.82) is 0 Å². The molecule has 27 heavy (non-hydrogen) atoms. The van der Waals surface area contributed by atoms with Gasteiger partial charge in [0.2, 0.25) is 0 Å². The minimum atomic E-state index is -0.242. The number of ether oxygens (including phenoxy) is 1. The van der Waals surface area contributed by atoms with E-state index in [0.717, 1.165) is 28.4 Å². The summed E-state index contributed by atoms with van der Waals surface area (Å²) < 4.78 is 5.81. The lowest BCUT2D eigenvalue weighted by Crippen LogP contribution is -2.13. The van der Waals surface area contributed by atoms with Gasteiger partial charge in [0, 0.05) is 5.69 Å². The molecular formula is C22H23N3O2. The molecule has 0 bridgehead atoms. The number of carbonyl (C=O) groups is 1. The van der Waals surface area contributed by atoms with Crippen molar-refractivity contribution in [2.45, 2.75) is 26.9 Å². The molecule has 5 heteroatoms. The van der Waals surface area contributed by atoms with Crippen molar-refractivity contribution >= 4 is 23.0 Å². The van der Waals surface area contributed by atoms with Gasteiger partial charge in [0.25, 0.3) is 5.91 Å². The lowest BCUT2D eigenvalue weighted by molar-refractivity contribution is 0.102. The molecule has 1 heterocycles. The first-order valence-corrected chi connectivity index (χ1v) is 8.88. The van der Waals surface area contributed by atoms with Crippen LogP contribution in [0.4, 0.5) is 17.1 Å². The second kappa shape index (κ2) is 8.36. The van der Waals surface area contributed by atoms with E-state index in [1.54, 1.807) is 12.3 Å². The Morgan fingerprint density at radius 3 is 2.33 bits per heavy atom. The predicted octanol–water partition coefficient (Wildman–Crippen LogP) is 5.17. The van der Waals surface area contributed by atoms with Gasteiger partial charge in [0.15, 0.2) is 0 Å². The Labute approximate surface area is 159 Å². The summed E-state index contributed by atoms with van der Waals surface area (Å²) in [6, 6.07) is 18.9. The van der Waals surface area contributed by atoms with Crippen molar-refractivity contribution in [3.63, 3.8) is 0 Å². The summed E-state index contributed by atoms with van der Waals surface area (Å²) in [5, 5.41) is 6.12. The second-order valence-electron chi connectivity index (χ2n) is 6.54. The number of carbonyl (C=O) groups excluding carboxylic acids is 1. The third-order valence-electron chi connectivity index (χ3n) is 3.83. The van der Waals surface area contributed by atoms with Crippen LogP contribution in [0.3, 0.4) is 0 Å². The number of para-hydroxylation sites is 2. The van der Waals surface area contributed by atoms with Crippen molar-refractivity contribution in [2.75, 3.05) is 10.6 Å². The summed E-state index contributed by atoms with van der Waals surface area (Å²) in [6.45, 7) is 5.98. The quantitative estimate of drug-likeness (QED) is 0.635. The molecule has 5 nitrogen and oxygen atoms in total. The molecule has 0 atom stereocenters. The summed E-state index contributed by atoms with van der Waals surface area (Å²) >= 11 is 0. The maximum absolute atomic E-state index is 12.3. The minimum absolute atomic E-state index is 0.0823. The fourth-order valence-corrected chi connectivity index (χ4v) is 2.52. The van der Waals surface area contributed by atoms with Crippen LogP contribution in [0.25, 0.3) is 0 Å². The molecule has 0 aliphatic rings. The lowest BCUT2D eigenvalue weighted by atomic mass is 10.2. The van der Waals surface area contributed by atoms with Crippen LogP contribution in [0.1, 0.15) is 29.9 Å². The number of benzene rings is 2. The molecule has 0 aliphatic heterocycles. The van der Waals surface area contributed by atoms with Crippen LogP contribution in [-0.4, -0.2) is 17.0 Å². The van der Waals surface area contributed by atoms with Gasteiger partial charge in [-0.2, -0.15) is 0 Å². The molecule has 3 aromatic rings. The van der Waals surface area contributed by atoms with Gasteiger partial charge in [-0.15, -0.1) is 0 Å². The first-order chi connectivity index (χ1) is 13.0. The highest BCUT2D eigenvalue weighted by molar-refractivity contribution is 6.02. The van der Waals surface area contributed by atoms with Crippen LogP contribution in [-0.2, 0) is 0 Å². The molecule has 0 saturated carbocycles. The zero-order valence-electron chi connectivity index (χ0n) is 15.7. The zero-order chi connectivity index (χ0) is 19.2. The SMILES string of the molecule is Cc1ccc(NC(=O)c2ccc(Nc3ccccc3OC(C)C)cn2)cc1. The molecule has 0 radical (unpaired) electrons. The molecule has 2 N–H and O–H groups in total. The summed E-state index contributed by atoms with van der Waals surface area (Å²) in [5.74, 6) is 0.530. The zero-order valence-corrected chi connectivity index (χ0v) is 15.7. The highest BCUT2D eigenvalue weighted by atomic mass is 16.5. The standard InChI is InChI=1S/C22H23N3O2/c1-15(2)27-21-7-5-4-6-19(21)24-18-12-13-20(23-14-18)22(26)25-17-10-8-16(3)9-11-17/h4-15,24H,1-3H3,(H,25,26). The molecule has 0 saturated heterocycles. The number of nitrogens with zero attached hydrogens (tertiary/aromatic N) is 1. The van der Waals surface area contributed by atoms with Crippen LogP contribution < -0.4 is 15.4 Å². The maximum atomic E-state index is 12.3. The topological polar surface area (TPSA) is 63.2 Å². The van der Waals surface area contributed by atoms with E-state index in [9.17, 15) is 4.79 Å². The van der Waals surface area contributed by atoms with E-state index in [0.29, 0.717) is 5.69 Å². The summed E-state index contributed by atoms with van der Waals surface area (Å²) in [7, 11) is 0. The molecule has 0 unspecified atom stereocenters. The monoisotopic (exact) mass is 361 g/mol. The van der Waals surface area contributed by atoms with Gasteiger partial charge in [0.05, 0.1) is 23.7 Å². The van der Waals surface area contributed by atoms with Gasteiger partial charge in [-0.25, -0.2) is 4.98 Å². The number of rotatable bonds is 6. The molecule has 0 aliphatic carbocycles. The first kappa shape index (κ1) is 18.5. The highest BCUT2D eigenvalue weighted by Crippen LogP contribution is 2.28. The number of anilines is 3. The summed E-state index contributed by atoms with van der Waals surface area (Å²) in [6.07, 6.45) is 1.72. The molecule has 2 aromatic carbocycles. The molecule has 1 aromatic heterocycles. The van der Waals surface area contributed by atoms with Crippen molar-refractivity contribution in [1.82, 2.24) is 4.98 Å². The number of pyridine rings is 1. The van der Waals surface area contributed by atoms with E-state index in [1.807, 2.05) is 75.4 Å². The Morgan fingerprint density at radius 2 is 1.67 bits per heavy atom. The Bertz CT molecular complexity index is 904. The van der Waals surface area contributed by atoms with Gasteiger partial charge in [-0.1, -0.05) is 29.8 Å². The van der Waals surface area contributed by atoms with Gasteiger partial charge in [-0.3, -0.25) is 4.79 Å². The average molecular weight is 361 g/mol. The number of hydrogen-bond donors (Lipinski definition) is 2. The fraction of sp³-hybridized carbons (Fsp3) is 0.182. The average Bonchev–Trinajstić information content (AvgIpc) is 2.65. The third-order valence-corrected chi connectivity index (χ3v) is 3.83. The third kappa shape index (κ3) is 5.07. The summed E-state index contributed by atoms with van der Waals surface area (Å²) in [4.78, 5) is 16.6. The molecular weight excluding hydrogens is 338 g/mol. The van der Waals surface area contributed by atoms with Crippen molar-refractivity contribution < 1.29 is 9.53 Å². The van der Waals surface area contributed by atoms with E-state index in [2.05, 4.69) is 15.6 Å². The highest BCUT2D eigenvalue weighted by Gasteiger charge is 2.09. The van der Waals surface area contributed by atoms with Crippen molar-refractivity contribution in [3.05, 3.63) is 78.1 Å². The number of nitrogens with one attached hydrogen (secondary N) is 2. The van der Waals surface area contributed by atoms with Gasteiger partial charge in [0.1, 0.15) is 11.4 Å². The van der Waals surface area contributed by atoms with E-state index in [-0.39, 0.29) is 12.0 Å². The predicted molar refractivity (Wildman–Crippen MR) is 109 cm³/mol. The van der Waals surface area contributed by atoms with E-state index < -0.39 is 0 Å². The van der Waals surface area contributed by atoms with Gasteiger partial charge < -0.3 is 15.4 Å². The van der Waals surface area contributed by atoms with Gasteiger partial charge >= 0.3 is 0 Å². The normalized spacial score (nSPS) is 10.5. The Morgan fingerprint density at radius 1 is 0.963 bits per heavy atom. The van der Waals surface area contributed by atoms with E-state index in [1.165, 1.54) is 0 Å². The molecule has 0 spiro atoms. The van der Waals surface area contributed by atoms with Crippen LogP contribution in [0.5, 0.6) is 5.75 Å². The fourth-order valence-electron chi connectivity index (χ4n) is 2.52. The van der Waals surface area contributed by atoms with Crippen LogP contribution in [0, 0.1) is 6.92 Å². The first-order valence-electron chi connectivity index (χ1n) is 8.88. The second-order valence-corrected chi connectivity index (χ2v) is 6.54. The lowest BCUT2D eigenvalue weighted by Gasteiger charge is -2.15. The largest absolute Gasteiger partial charge is 0.489 e. The molecule has 0 fully saturated rings. The van der Waals surface area contributed by atoms with E-state index >= 15 is 0 Å². The molecule has 138 valence electrons. The van der Waals surface area contributed by atoms with Crippen molar-refractivity contribution in [2.24, 2.45) is 0 Å². The van der Waals surface area contributed by atoms with Crippen molar-refractivity contribution in [3.8, 4) is 5.75 Å². The minimum Gasteiger partial charge on any atom is -0.489 e. The Hall–Kier alpha value is -3.34.